The lowest BCUT2D eigenvalue weighted by atomic mass is 10.1. The summed E-state index contributed by atoms with van der Waals surface area (Å²) < 4.78 is -1.17. The molecule has 0 saturated heterocycles. The van der Waals surface area contributed by atoms with Crippen LogP contribution in [0.4, 0.5) is 5.69 Å². The van der Waals surface area contributed by atoms with Gasteiger partial charge in [-0.2, -0.15) is 5.26 Å². The topological polar surface area (TPSA) is 44.1 Å². The second-order valence-electron chi connectivity index (χ2n) is 3.31. The lowest BCUT2D eigenvalue weighted by Gasteiger charge is -2.22. The maximum atomic E-state index is 11.9. The van der Waals surface area contributed by atoms with Gasteiger partial charge in [0.2, 0.25) is 0 Å². The number of carbonyl (C=O) groups excluding carboxylic acids is 1. The zero-order chi connectivity index (χ0) is 11.5. The maximum Gasteiger partial charge on any atom is 0.257 e. The highest BCUT2D eigenvalue weighted by Gasteiger charge is 2.33. The number of nitrogens with zero attached hydrogens (tertiary/aromatic N) is 2. The summed E-state index contributed by atoms with van der Waals surface area (Å²) in [5, 5.41) is 8.82. The average molecular weight is 267 g/mol. The minimum absolute atomic E-state index is 0.281. The molecule has 78 valence electrons. The molecule has 0 heterocycles. The van der Waals surface area contributed by atoms with Gasteiger partial charge >= 0.3 is 0 Å². The Balaban J connectivity index is 2.93. The van der Waals surface area contributed by atoms with Crippen LogP contribution in [-0.2, 0) is 4.79 Å². The van der Waals surface area contributed by atoms with E-state index in [1.807, 2.05) is 36.4 Å². The van der Waals surface area contributed by atoms with E-state index in [-0.39, 0.29) is 5.91 Å². The number of amides is 1. The second-order valence-corrected chi connectivity index (χ2v) is 4.90. The number of para-hydroxylation sites is 1. The fourth-order valence-corrected chi connectivity index (χ4v) is 1.40. The fourth-order valence-electron chi connectivity index (χ4n) is 1.13. The third kappa shape index (κ3) is 2.57. The molecule has 0 spiro atoms. The first-order valence-corrected chi connectivity index (χ1v) is 5.21. The van der Waals surface area contributed by atoms with E-state index in [1.165, 1.54) is 11.8 Å². The molecule has 1 rings (SSSR count). The van der Waals surface area contributed by atoms with Crippen LogP contribution in [0.25, 0.3) is 0 Å². The van der Waals surface area contributed by atoms with E-state index in [4.69, 9.17) is 5.26 Å². The fraction of sp³-hybridized carbons (Fsp3) is 0.273. The van der Waals surface area contributed by atoms with E-state index in [2.05, 4.69) is 15.9 Å². The molecular formula is C11H11BrN2O. The molecule has 1 amide bonds. The van der Waals surface area contributed by atoms with Gasteiger partial charge in [-0.25, -0.2) is 0 Å². The van der Waals surface area contributed by atoms with Gasteiger partial charge in [-0.3, -0.25) is 4.79 Å². The van der Waals surface area contributed by atoms with Crippen molar-refractivity contribution >= 4 is 27.5 Å². The van der Waals surface area contributed by atoms with Crippen LogP contribution in [0, 0.1) is 11.3 Å². The van der Waals surface area contributed by atoms with Gasteiger partial charge in [0.15, 0.2) is 4.32 Å². The van der Waals surface area contributed by atoms with E-state index >= 15 is 0 Å². The van der Waals surface area contributed by atoms with Crippen LogP contribution in [0.15, 0.2) is 30.3 Å². The number of hydrogen-bond acceptors (Lipinski definition) is 2. The predicted octanol–water partition coefficient (Wildman–Crippen LogP) is 2.33. The molecular weight excluding hydrogens is 256 g/mol. The number of nitriles is 1. The number of carbonyl (C=O) groups is 1. The summed E-state index contributed by atoms with van der Waals surface area (Å²) in [6.45, 7) is 1.54. The van der Waals surface area contributed by atoms with Crippen LogP contribution < -0.4 is 4.90 Å². The predicted molar refractivity (Wildman–Crippen MR) is 62.8 cm³/mol. The van der Waals surface area contributed by atoms with Crippen molar-refractivity contribution in [2.75, 3.05) is 11.9 Å². The molecule has 0 saturated carbocycles. The Labute approximate surface area is 97.4 Å². The summed E-state index contributed by atoms with van der Waals surface area (Å²) >= 11 is 3.09. The van der Waals surface area contributed by atoms with E-state index in [0.29, 0.717) is 0 Å². The van der Waals surface area contributed by atoms with Crippen LogP contribution in [0.3, 0.4) is 0 Å². The summed E-state index contributed by atoms with van der Waals surface area (Å²) in [5.74, 6) is -0.281. The first-order valence-electron chi connectivity index (χ1n) is 4.42. The molecule has 0 bridgehead atoms. The first kappa shape index (κ1) is 11.7. The molecule has 0 aliphatic heterocycles. The largest absolute Gasteiger partial charge is 0.313 e. The highest BCUT2D eigenvalue weighted by molar-refractivity contribution is 9.10. The third-order valence-electron chi connectivity index (χ3n) is 2.06. The third-order valence-corrected chi connectivity index (χ3v) is 2.58. The van der Waals surface area contributed by atoms with Gasteiger partial charge in [0.05, 0.1) is 6.07 Å². The Morgan fingerprint density at radius 2 is 2.00 bits per heavy atom. The second kappa shape index (κ2) is 4.45. The molecule has 0 N–H and O–H groups in total. The molecule has 0 fully saturated rings. The molecule has 0 aromatic heterocycles. The number of hydrogen-bond donors (Lipinski definition) is 0. The van der Waals surface area contributed by atoms with Gasteiger partial charge in [-0.15, -0.1) is 0 Å². The smallest absolute Gasteiger partial charge is 0.257 e. The molecule has 4 heteroatoms. The van der Waals surface area contributed by atoms with Gasteiger partial charge in [-0.05, 0) is 19.1 Å². The van der Waals surface area contributed by atoms with E-state index in [1.54, 1.807) is 7.05 Å². The van der Waals surface area contributed by atoms with E-state index < -0.39 is 4.32 Å². The molecule has 1 atom stereocenters. The van der Waals surface area contributed by atoms with Crippen molar-refractivity contribution in [2.45, 2.75) is 11.2 Å². The molecule has 15 heavy (non-hydrogen) atoms. The Bertz CT molecular complexity index is 395. The minimum atomic E-state index is -1.17. The average Bonchev–Trinajstić information content (AvgIpc) is 2.28. The van der Waals surface area contributed by atoms with Crippen molar-refractivity contribution in [2.24, 2.45) is 0 Å². The van der Waals surface area contributed by atoms with Gasteiger partial charge < -0.3 is 4.90 Å². The van der Waals surface area contributed by atoms with Gasteiger partial charge in [0, 0.05) is 12.7 Å². The molecule has 1 unspecified atom stereocenters. The summed E-state index contributed by atoms with van der Waals surface area (Å²) in [5.41, 5.74) is 0.767. The molecule has 1 aromatic carbocycles. The highest BCUT2D eigenvalue weighted by Crippen LogP contribution is 2.22. The van der Waals surface area contributed by atoms with Crippen molar-refractivity contribution in [3.63, 3.8) is 0 Å². The number of rotatable bonds is 2. The number of benzene rings is 1. The molecule has 0 aliphatic rings. The Morgan fingerprint density at radius 1 is 1.47 bits per heavy atom. The number of halogens is 1. The van der Waals surface area contributed by atoms with Crippen LogP contribution in [0.1, 0.15) is 6.92 Å². The Morgan fingerprint density at radius 3 is 2.47 bits per heavy atom. The lowest BCUT2D eigenvalue weighted by Crippen LogP contribution is -2.40. The summed E-state index contributed by atoms with van der Waals surface area (Å²) in [7, 11) is 1.65. The minimum Gasteiger partial charge on any atom is -0.313 e. The van der Waals surface area contributed by atoms with Gasteiger partial charge in [0.25, 0.3) is 5.91 Å². The van der Waals surface area contributed by atoms with Crippen molar-refractivity contribution in [1.82, 2.24) is 0 Å². The van der Waals surface area contributed by atoms with Gasteiger partial charge in [0.1, 0.15) is 0 Å². The Hall–Kier alpha value is -1.34. The van der Waals surface area contributed by atoms with Crippen molar-refractivity contribution in [3.05, 3.63) is 30.3 Å². The zero-order valence-electron chi connectivity index (χ0n) is 8.57. The van der Waals surface area contributed by atoms with E-state index in [9.17, 15) is 4.79 Å². The number of anilines is 1. The number of alkyl halides is 1. The van der Waals surface area contributed by atoms with Crippen molar-refractivity contribution in [3.8, 4) is 6.07 Å². The zero-order valence-corrected chi connectivity index (χ0v) is 10.2. The summed E-state index contributed by atoms with van der Waals surface area (Å²) in [6, 6.07) is 11.1. The van der Waals surface area contributed by atoms with Crippen LogP contribution >= 0.6 is 15.9 Å². The quantitative estimate of drug-likeness (QED) is 0.772. The molecule has 0 radical (unpaired) electrons. The van der Waals surface area contributed by atoms with Crippen molar-refractivity contribution < 1.29 is 4.79 Å². The van der Waals surface area contributed by atoms with Crippen molar-refractivity contribution in [1.29, 1.82) is 5.26 Å². The molecule has 1 aromatic rings. The van der Waals surface area contributed by atoms with Crippen LogP contribution in [0.2, 0.25) is 0 Å². The summed E-state index contributed by atoms with van der Waals surface area (Å²) in [4.78, 5) is 13.3. The highest BCUT2D eigenvalue weighted by atomic mass is 79.9. The van der Waals surface area contributed by atoms with Crippen LogP contribution in [0.5, 0.6) is 0 Å². The molecule has 3 nitrogen and oxygen atoms in total. The SMILES string of the molecule is CN(C(=O)C(C)(Br)C#N)c1ccccc1. The summed E-state index contributed by atoms with van der Waals surface area (Å²) in [6.07, 6.45) is 0. The molecule has 0 aliphatic carbocycles. The Kier molecular flexibility index (Phi) is 3.48. The lowest BCUT2D eigenvalue weighted by molar-refractivity contribution is -0.118. The standard InChI is InChI=1S/C11H11BrN2O/c1-11(12,8-13)10(15)14(2)9-6-4-3-5-7-9/h3-7H,1-2H3. The van der Waals surface area contributed by atoms with Gasteiger partial charge in [-0.1, -0.05) is 34.1 Å². The van der Waals surface area contributed by atoms with E-state index in [0.717, 1.165) is 5.69 Å². The first-order chi connectivity index (χ1) is 6.99. The normalized spacial score (nSPS) is 13.7. The monoisotopic (exact) mass is 266 g/mol. The van der Waals surface area contributed by atoms with Crippen LogP contribution in [-0.4, -0.2) is 17.3 Å². The maximum absolute atomic E-state index is 11.9.